The lowest BCUT2D eigenvalue weighted by Crippen LogP contribution is -2.56. The third-order valence-corrected chi connectivity index (χ3v) is 3.10. The van der Waals surface area contributed by atoms with Gasteiger partial charge in [-0.1, -0.05) is 0 Å². The summed E-state index contributed by atoms with van der Waals surface area (Å²) in [5.74, 6) is 0.873. The predicted molar refractivity (Wildman–Crippen MR) is 68.6 cm³/mol. The number of non-ortho nitro benzene ring substituents is 1. The molecule has 2 aromatic rings. The Labute approximate surface area is 103 Å². The van der Waals surface area contributed by atoms with Crippen LogP contribution in [-0.4, -0.2) is 29.0 Å². The van der Waals surface area contributed by atoms with Gasteiger partial charge in [0.15, 0.2) is 0 Å². The number of nitro benzene ring substituents is 1. The summed E-state index contributed by atoms with van der Waals surface area (Å²) in [5.41, 5.74) is 6.58. The first kappa shape index (κ1) is 10.9. The smallest absolute Gasteiger partial charge is 0.270 e. The van der Waals surface area contributed by atoms with Gasteiger partial charge in [-0.15, -0.1) is 0 Å². The van der Waals surface area contributed by atoms with E-state index in [1.165, 1.54) is 12.1 Å². The number of hydrogen-bond donors (Lipinski definition) is 1. The number of hydrogen-bond acceptors (Lipinski definition) is 5. The third-order valence-electron chi connectivity index (χ3n) is 3.10. The molecule has 1 saturated heterocycles. The molecule has 92 valence electrons. The normalized spacial score (nSPS) is 15.7. The lowest BCUT2D eigenvalue weighted by atomic mass is 10.1. The quantitative estimate of drug-likeness (QED) is 0.635. The Bertz CT molecular complexity index is 623. The molecule has 0 atom stereocenters. The van der Waals surface area contributed by atoms with Gasteiger partial charge in [-0.25, -0.2) is 4.98 Å². The van der Waals surface area contributed by atoms with Gasteiger partial charge < -0.3 is 10.6 Å². The van der Waals surface area contributed by atoms with E-state index in [-0.39, 0.29) is 11.7 Å². The fourth-order valence-electron chi connectivity index (χ4n) is 2.09. The van der Waals surface area contributed by atoms with Crippen molar-refractivity contribution in [3.8, 4) is 0 Å². The first-order valence-electron chi connectivity index (χ1n) is 5.69. The second kappa shape index (κ2) is 3.92. The van der Waals surface area contributed by atoms with Gasteiger partial charge in [0.2, 0.25) is 0 Å². The monoisotopic (exact) mass is 244 g/mol. The largest absolute Gasteiger partial charge is 0.353 e. The standard InChI is InChI=1S/C12H12N4O2/c13-9-6-15(7-9)12-4-1-8-5-10(16(17)18)2-3-11(8)14-12/h1-5,9H,6-7,13H2. The van der Waals surface area contributed by atoms with Crippen molar-refractivity contribution in [1.82, 2.24) is 4.98 Å². The van der Waals surface area contributed by atoms with E-state index >= 15 is 0 Å². The van der Waals surface area contributed by atoms with Crippen molar-refractivity contribution in [3.63, 3.8) is 0 Å². The van der Waals surface area contributed by atoms with Crippen LogP contribution in [0.5, 0.6) is 0 Å². The van der Waals surface area contributed by atoms with Crippen LogP contribution in [0.3, 0.4) is 0 Å². The minimum absolute atomic E-state index is 0.0861. The highest BCUT2D eigenvalue weighted by atomic mass is 16.6. The zero-order valence-electron chi connectivity index (χ0n) is 9.61. The second-order valence-electron chi connectivity index (χ2n) is 4.47. The van der Waals surface area contributed by atoms with Gasteiger partial charge >= 0.3 is 0 Å². The van der Waals surface area contributed by atoms with Crippen molar-refractivity contribution in [2.24, 2.45) is 5.73 Å². The van der Waals surface area contributed by atoms with Crippen LogP contribution >= 0.6 is 0 Å². The molecule has 0 saturated carbocycles. The molecule has 18 heavy (non-hydrogen) atoms. The average molecular weight is 244 g/mol. The Kier molecular flexibility index (Phi) is 2.38. The summed E-state index contributed by atoms with van der Waals surface area (Å²) in [6, 6.07) is 8.64. The molecule has 2 N–H and O–H groups in total. The van der Waals surface area contributed by atoms with Crippen LogP contribution in [0.1, 0.15) is 0 Å². The Hall–Kier alpha value is -2.21. The summed E-state index contributed by atoms with van der Waals surface area (Å²) in [4.78, 5) is 16.8. The summed E-state index contributed by atoms with van der Waals surface area (Å²) >= 11 is 0. The van der Waals surface area contributed by atoms with Crippen molar-refractivity contribution in [1.29, 1.82) is 0 Å². The van der Waals surface area contributed by atoms with Crippen molar-refractivity contribution in [2.75, 3.05) is 18.0 Å². The Morgan fingerprint density at radius 3 is 2.78 bits per heavy atom. The van der Waals surface area contributed by atoms with Gasteiger partial charge in [0.1, 0.15) is 5.82 Å². The number of nitrogens with two attached hydrogens (primary N) is 1. The molecule has 2 heterocycles. The molecule has 1 aliphatic rings. The van der Waals surface area contributed by atoms with Crippen molar-refractivity contribution >= 4 is 22.4 Å². The van der Waals surface area contributed by atoms with E-state index in [1.807, 2.05) is 12.1 Å². The molecule has 6 heteroatoms. The van der Waals surface area contributed by atoms with Gasteiger partial charge in [-0.05, 0) is 18.2 Å². The van der Waals surface area contributed by atoms with Crippen LogP contribution in [0.25, 0.3) is 10.9 Å². The van der Waals surface area contributed by atoms with E-state index < -0.39 is 4.92 Å². The number of anilines is 1. The molecule has 1 aromatic carbocycles. The number of rotatable bonds is 2. The maximum absolute atomic E-state index is 10.7. The van der Waals surface area contributed by atoms with Crippen LogP contribution in [0.4, 0.5) is 11.5 Å². The number of fused-ring (bicyclic) bond motifs is 1. The van der Waals surface area contributed by atoms with E-state index in [0.717, 1.165) is 29.8 Å². The molecule has 0 unspecified atom stereocenters. The van der Waals surface area contributed by atoms with Gasteiger partial charge in [0, 0.05) is 36.7 Å². The highest BCUT2D eigenvalue weighted by Crippen LogP contribution is 2.24. The SMILES string of the molecule is NC1CN(c2ccc3cc([N+](=O)[O-])ccc3n2)C1. The maximum atomic E-state index is 10.7. The molecule has 3 rings (SSSR count). The molecule has 1 aliphatic heterocycles. The number of nitrogens with zero attached hydrogens (tertiary/aromatic N) is 3. The molecule has 1 aromatic heterocycles. The van der Waals surface area contributed by atoms with Gasteiger partial charge in [-0.2, -0.15) is 0 Å². The highest BCUT2D eigenvalue weighted by molar-refractivity contribution is 5.82. The molecule has 6 nitrogen and oxygen atoms in total. The fraction of sp³-hybridized carbons (Fsp3) is 0.250. The number of nitro groups is 1. The van der Waals surface area contributed by atoms with Crippen LogP contribution in [0.2, 0.25) is 0 Å². The minimum atomic E-state index is -0.401. The molecule has 0 amide bonds. The van der Waals surface area contributed by atoms with Crippen molar-refractivity contribution in [2.45, 2.75) is 6.04 Å². The summed E-state index contributed by atoms with van der Waals surface area (Å²) in [5, 5.41) is 11.5. The van der Waals surface area contributed by atoms with E-state index in [0.29, 0.717) is 0 Å². The average Bonchev–Trinajstić information content (AvgIpc) is 2.33. The van der Waals surface area contributed by atoms with Crippen LogP contribution < -0.4 is 10.6 Å². The van der Waals surface area contributed by atoms with E-state index in [1.54, 1.807) is 6.07 Å². The molecule has 0 aliphatic carbocycles. The molecular formula is C12H12N4O2. The summed E-state index contributed by atoms with van der Waals surface area (Å²) in [6.07, 6.45) is 0. The Morgan fingerprint density at radius 2 is 2.11 bits per heavy atom. The summed E-state index contributed by atoms with van der Waals surface area (Å²) in [6.45, 7) is 1.62. The number of pyridine rings is 1. The molecular weight excluding hydrogens is 232 g/mol. The zero-order chi connectivity index (χ0) is 12.7. The van der Waals surface area contributed by atoms with Crippen LogP contribution in [-0.2, 0) is 0 Å². The topological polar surface area (TPSA) is 85.3 Å². The fourth-order valence-corrected chi connectivity index (χ4v) is 2.09. The summed E-state index contributed by atoms with van der Waals surface area (Å²) < 4.78 is 0. The van der Waals surface area contributed by atoms with Gasteiger partial charge in [0.25, 0.3) is 5.69 Å². The second-order valence-corrected chi connectivity index (χ2v) is 4.47. The first-order chi connectivity index (χ1) is 8.63. The minimum Gasteiger partial charge on any atom is -0.353 e. The zero-order valence-corrected chi connectivity index (χ0v) is 9.61. The number of benzene rings is 1. The van der Waals surface area contributed by atoms with Crippen molar-refractivity contribution < 1.29 is 4.92 Å². The number of aromatic nitrogens is 1. The van der Waals surface area contributed by atoms with Crippen molar-refractivity contribution in [3.05, 3.63) is 40.4 Å². The van der Waals surface area contributed by atoms with Gasteiger partial charge in [-0.3, -0.25) is 10.1 Å². The third kappa shape index (κ3) is 1.76. The predicted octanol–water partition coefficient (Wildman–Crippen LogP) is 1.29. The first-order valence-corrected chi connectivity index (χ1v) is 5.69. The van der Waals surface area contributed by atoms with Crippen LogP contribution in [0.15, 0.2) is 30.3 Å². The van der Waals surface area contributed by atoms with E-state index in [4.69, 9.17) is 5.73 Å². The molecule has 0 spiro atoms. The highest BCUT2D eigenvalue weighted by Gasteiger charge is 2.24. The Morgan fingerprint density at radius 1 is 1.33 bits per heavy atom. The van der Waals surface area contributed by atoms with Gasteiger partial charge in [0.05, 0.1) is 10.4 Å². The van der Waals surface area contributed by atoms with E-state index in [2.05, 4.69) is 9.88 Å². The maximum Gasteiger partial charge on any atom is 0.270 e. The van der Waals surface area contributed by atoms with E-state index in [9.17, 15) is 10.1 Å². The summed E-state index contributed by atoms with van der Waals surface area (Å²) in [7, 11) is 0. The molecule has 0 radical (unpaired) electrons. The lowest BCUT2D eigenvalue weighted by molar-refractivity contribution is -0.384. The lowest BCUT2D eigenvalue weighted by Gasteiger charge is -2.37. The molecule has 1 fully saturated rings. The molecule has 0 bridgehead atoms. The van der Waals surface area contributed by atoms with Crippen LogP contribution in [0, 0.1) is 10.1 Å². The Balaban J connectivity index is 1.98.